The minimum Gasteiger partial charge on any atom is -0.508 e. The Hall–Kier alpha value is -1.80. The molecule has 0 aliphatic carbocycles. The molecule has 0 aliphatic rings. The van der Waals surface area contributed by atoms with Crippen LogP contribution in [-0.2, 0) is 6.42 Å². The van der Waals surface area contributed by atoms with Gasteiger partial charge >= 0.3 is 0 Å². The molecule has 100 valence electrons. The molecule has 1 atom stereocenters. The highest BCUT2D eigenvalue weighted by molar-refractivity contribution is 5.41. The molecule has 1 unspecified atom stereocenters. The van der Waals surface area contributed by atoms with E-state index >= 15 is 0 Å². The van der Waals surface area contributed by atoms with Crippen LogP contribution in [0.4, 0.5) is 0 Å². The van der Waals surface area contributed by atoms with Crippen LogP contribution in [0.3, 0.4) is 0 Å². The molecule has 2 aromatic rings. The molecule has 2 aromatic carbocycles. The molecular formula is C17H20O2. The van der Waals surface area contributed by atoms with Crippen molar-refractivity contribution in [3.8, 4) is 5.75 Å². The molecular weight excluding hydrogens is 236 g/mol. The molecule has 0 fully saturated rings. The lowest BCUT2D eigenvalue weighted by Gasteiger charge is -2.15. The number of hydrogen-bond acceptors (Lipinski definition) is 2. The normalized spacial score (nSPS) is 12.4. The first-order chi connectivity index (χ1) is 9.08. The molecule has 0 saturated carbocycles. The van der Waals surface area contributed by atoms with Crippen molar-refractivity contribution >= 4 is 0 Å². The predicted molar refractivity (Wildman–Crippen MR) is 77.3 cm³/mol. The lowest BCUT2D eigenvalue weighted by molar-refractivity contribution is 0.167. The van der Waals surface area contributed by atoms with Gasteiger partial charge in [0.15, 0.2) is 0 Å². The van der Waals surface area contributed by atoms with E-state index in [9.17, 15) is 10.2 Å². The van der Waals surface area contributed by atoms with Gasteiger partial charge in [0, 0.05) is 0 Å². The number of rotatable bonds is 4. The van der Waals surface area contributed by atoms with E-state index in [2.05, 4.69) is 12.1 Å². The zero-order chi connectivity index (χ0) is 13.8. The molecule has 0 heterocycles. The van der Waals surface area contributed by atoms with Gasteiger partial charge in [0.25, 0.3) is 0 Å². The number of aliphatic hydroxyl groups is 1. The second kappa shape index (κ2) is 5.89. The van der Waals surface area contributed by atoms with Gasteiger partial charge in [0.1, 0.15) is 5.75 Å². The van der Waals surface area contributed by atoms with Crippen LogP contribution in [0.5, 0.6) is 5.75 Å². The number of benzene rings is 2. The van der Waals surface area contributed by atoms with Gasteiger partial charge < -0.3 is 10.2 Å². The standard InChI is InChI=1S/C17H20O2/c1-12-11-17(19)13(2)10-15(12)16(18)9-8-14-6-4-3-5-7-14/h3-7,10-11,16,18-19H,8-9H2,1-2H3. The van der Waals surface area contributed by atoms with E-state index in [1.807, 2.05) is 38.1 Å². The summed E-state index contributed by atoms with van der Waals surface area (Å²) in [6, 6.07) is 13.8. The molecule has 2 nitrogen and oxygen atoms in total. The fraction of sp³-hybridized carbons (Fsp3) is 0.294. The number of phenolic OH excluding ortho intramolecular Hbond substituents is 1. The Morgan fingerprint density at radius 1 is 1.00 bits per heavy atom. The summed E-state index contributed by atoms with van der Waals surface area (Å²) in [6.07, 6.45) is 1.05. The summed E-state index contributed by atoms with van der Waals surface area (Å²) >= 11 is 0. The van der Waals surface area contributed by atoms with Gasteiger partial charge in [0.2, 0.25) is 0 Å². The minimum atomic E-state index is -0.487. The van der Waals surface area contributed by atoms with E-state index in [0.717, 1.165) is 23.1 Å². The van der Waals surface area contributed by atoms with Gasteiger partial charge in [-0.15, -0.1) is 0 Å². The van der Waals surface area contributed by atoms with Gasteiger partial charge in [-0.3, -0.25) is 0 Å². The fourth-order valence-electron chi connectivity index (χ4n) is 2.29. The van der Waals surface area contributed by atoms with Crippen LogP contribution in [0.25, 0.3) is 0 Å². The van der Waals surface area contributed by atoms with Crippen molar-refractivity contribution in [1.82, 2.24) is 0 Å². The highest BCUT2D eigenvalue weighted by atomic mass is 16.3. The van der Waals surface area contributed by atoms with Gasteiger partial charge in [0.05, 0.1) is 6.10 Å². The van der Waals surface area contributed by atoms with Gasteiger partial charge in [-0.1, -0.05) is 30.3 Å². The number of aromatic hydroxyl groups is 1. The van der Waals surface area contributed by atoms with Crippen LogP contribution in [0.2, 0.25) is 0 Å². The zero-order valence-electron chi connectivity index (χ0n) is 11.4. The average molecular weight is 256 g/mol. The van der Waals surface area contributed by atoms with Gasteiger partial charge in [-0.05, 0) is 61.1 Å². The van der Waals surface area contributed by atoms with Crippen molar-refractivity contribution in [2.24, 2.45) is 0 Å². The summed E-state index contributed by atoms with van der Waals surface area (Å²) in [5.74, 6) is 0.288. The first-order valence-electron chi connectivity index (χ1n) is 6.60. The summed E-state index contributed by atoms with van der Waals surface area (Å²) in [6.45, 7) is 3.77. The first-order valence-corrected chi connectivity index (χ1v) is 6.60. The zero-order valence-corrected chi connectivity index (χ0v) is 11.4. The van der Waals surface area contributed by atoms with Crippen molar-refractivity contribution in [3.63, 3.8) is 0 Å². The van der Waals surface area contributed by atoms with Gasteiger partial charge in [-0.25, -0.2) is 0 Å². The SMILES string of the molecule is Cc1cc(C(O)CCc2ccccc2)c(C)cc1O. The van der Waals surface area contributed by atoms with E-state index < -0.39 is 6.10 Å². The molecule has 0 bridgehead atoms. The first kappa shape index (κ1) is 13.6. The van der Waals surface area contributed by atoms with E-state index in [0.29, 0.717) is 6.42 Å². The molecule has 19 heavy (non-hydrogen) atoms. The van der Waals surface area contributed by atoms with Crippen molar-refractivity contribution in [2.45, 2.75) is 32.8 Å². The number of aliphatic hydroxyl groups excluding tert-OH is 1. The Morgan fingerprint density at radius 2 is 1.68 bits per heavy atom. The number of aryl methyl sites for hydroxylation is 3. The monoisotopic (exact) mass is 256 g/mol. The molecule has 0 saturated heterocycles. The smallest absolute Gasteiger partial charge is 0.118 e. The fourth-order valence-corrected chi connectivity index (χ4v) is 2.29. The third-order valence-electron chi connectivity index (χ3n) is 3.49. The third kappa shape index (κ3) is 3.36. The molecule has 0 aliphatic heterocycles. The number of phenols is 1. The van der Waals surface area contributed by atoms with Crippen LogP contribution in [0.15, 0.2) is 42.5 Å². The second-order valence-electron chi connectivity index (χ2n) is 5.04. The van der Waals surface area contributed by atoms with E-state index in [1.54, 1.807) is 6.07 Å². The molecule has 2 heteroatoms. The highest BCUT2D eigenvalue weighted by Gasteiger charge is 2.12. The van der Waals surface area contributed by atoms with E-state index in [-0.39, 0.29) is 5.75 Å². The van der Waals surface area contributed by atoms with E-state index in [4.69, 9.17) is 0 Å². The lowest BCUT2D eigenvalue weighted by atomic mass is 9.96. The van der Waals surface area contributed by atoms with Crippen LogP contribution < -0.4 is 0 Å². The second-order valence-corrected chi connectivity index (χ2v) is 5.04. The van der Waals surface area contributed by atoms with E-state index in [1.165, 1.54) is 5.56 Å². The third-order valence-corrected chi connectivity index (χ3v) is 3.49. The number of hydrogen-bond donors (Lipinski definition) is 2. The topological polar surface area (TPSA) is 40.5 Å². The summed E-state index contributed by atoms with van der Waals surface area (Å²) in [7, 11) is 0. The molecule has 0 radical (unpaired) electrons. The molecule has 0 amide bonds. The lowest BCUT2D eigenvalue weighted by Crippen LogP contribution is -2.02. The Balaban J connectivity index is 2.08. The Kier molecular flexibility index (Phi) is 4.23. The molecule has 0 spiro atoms. The summed E-state index contributed by atoms with van der Waals surface area (Å²) < 4.78 is 0. The van der Waals surface area contributed by atoms with Crippen LogP contribution in [-0.4, -0.2) is 10.2 Å². The van der Waals surface area contributed by atoms with Crippen molar-refractivity contribution in [2.75, 3.05) is 0 Å². The van der Waals surface area contributed by atoms with Gasteiger partial charge in [-0.2, -0.15) is 0 Å². The van der Waals surface area contributed by atoms with Crippen LogP contribution in [0.1, 0.15) is 34.8 Å². The Morgan fingerprint density at radius 3 is 2.37 bits per heavy atom. The Bertz CT molecular complexity index is 547. The summed E-state index contributed by atoms with van der Waals surface area (Å²) in [5.41, 5.74) is 3.88. The average Bonchev–Trinajstić information content (AvgIpc) is 2.41. The molecule has 2 rings (SSSR count). The minimum absolute atomic E-state index is 0.288. The summed E-state index contributed by atoms with van der Waals surface area (Å²) in [4.78, 5) is 0. The maximum atomic E-state index is 10.3. The van der Waals surface area contributed by atoms with Crippen LogP contribution >= 0.6 is 0 Å². The van der Waals surface area contributed by atoms with Crippen molar-refractivity contribution < 1.29 is 10.2 Å². The van der Waals surface area contributed by atoms with Crippen molar-refractivity contribution in [1.29, 1.82) is 0 Å². The quantitative estimate of drug-likeness (QED) is 0.876. The Labute approximate surface area is 114 Å². The molecule has 2 N–H and O–H groups in total. The maximum absolute atomic E-state index is 10.3. The predicted octanol–water partition coefficient (Wildman–Crippen LogP) is 3.68. The highest BCUT2D eigenvalue weighted by Crippen LogP contribution is 2.28. The summed E-state index contributed by atoms with van der Waals surface area (Å²) in [5, 5.41) is 19.9. The maximum Gasteiger partial charge on any atom is 0.118 e. The largest absolute Gasteiger partial charge is 0.508 e. The van der Waals surface area contributed by atoms with Crippen LogP contribution in [0, 0.1) is 13.8 Å². The van der Waals surface area contributed by atoms with Crippen molar-refractivity contribution in [3.05, 3.63) is 64.7 Å². The molecule has 0 aromatic heterocycles.